The largest absolute Gasteiger partial charge is 0.493 e. The zero-order valence-electron chi connectivity index (χ0n) is 10.4. The maximum atomic E-state index is 10.6. The van der Waals surface area contributed by atoms with Crippen molar-refractivity contribution >= 4 is 6.29 Å². The molecule has 0 aliphatic carbocycles. The Hall–Kier alpha value is -1.91. The van der Waals surface area contributed by atoms with Crippen LogP contribution in [-0.2, 0) is 11.2 Å². The van der Waals surface area contributed by atoms with Crippen LogP contribution in [0.15, 0.2) is 6.07 Å². The summed E-state index contributed by atoms with van der Waals surface area (Å²) in [5, 5.41) is 0. The van der Waals surface area contributed by atoms with Crippen LogP contribution in [0, 0.1) is 0 Å². The summed E-state index contributed by atoms with van der Waals surface area (Å²) in [5.41, 5.74) is 0.692. The Labute approximate surface area is 100 Å². The van der Waals surface area contributed by atoms with Gasteiger partial charge >= 0.3 is 0 Å². The van der Waals surface area contributed by atoms with Crippen LogP contribution in [0.25, 0.3) is 0 Å². The fourth-order valence-corrected chi connectivity index (χ4v) is 1.65. The second-order valence-corrected chi connectivity index (χ2v) is 3.21. The van der Waals surface area contributed by atoms with E-state index in [1.54, 1.807) is 6.07 Å². The van der Waals surface area contributed by atoms with Crippen molar-refractivity contribution in [3.63, 3.8) is 0 Å². The van der Waals surface area contributed by atoms with Gasteiger partial charge in [0.2, 0.25) is 11.5 Å². The molecule has 5 heteroatoms. The minimum atomic E-state index is 0.222. The zero-order chi connectivity index (χ0) is 12.8. The monoisotopic (exact) mass is 240 g/mol. The number of hydrogen-bond donors (Lipinski definition) is 0. The SMILES string of the molecule is COc1cc(CC=O)c(OC)c(OC)c1OC. The van der Waals surface area contributed by atoms with Crippen LogP contribution >= 0.6 is 0 Å². The number of carbonyl (C=O) groups excluding carboxylic acids is 1. The van der Waals surface area contributed by atoms with Crippen molar-refractivity contribution in [2.24, 2.45) is 0 Å². The van der Waals surface area contributed by atoms with Gasteiger partial charge in [0.15, 0.2) is 11.5 Å². The molecular formula is C12H16O5. The van der Waals surface area contributed by atoms with Gasteiger partial charge in [0, 0.05) is 12.0 Å². The van der Waals surface area contributed by atoms with Crippen LogP contribution in [0.5, 0.6) is 23.0 Å². The molecule has 0 heterocycles. The maximum Gasteiger partial charge on any atom is 0.207 e. The minimum Gasteiger partial charge on any atom is -0.493 e. The first-order chi connectivity index (χ1) is 8.23. The lowest BCUT2D eigenvalue weighted by Gasteiger charge is -2.17. The maximum absolute atomic E-state index is 10.6. The molecule has 0 radical (unpaired) electrons. The number of carbonyl (C=O) groups is 1. The number of rotatable bonds is 6. The smallest absolute Gasteiger partial charge is 0.207 e. The van der Waals surface area contributed by atoms with Gasteiger partial charge in [-0.15, -0.1) is 0 Å². The summed E-state index contributed by atoms with van der Waals surface area (Å²) in [6.07, 6.45) is 1.02. The zero-order valence-corrected chi connectivity index (χ0v) is 10.4. The van der Waals surface area contributed by atoms with Crippen LogP contribution < -0.4 is 18.9 Å². The molecule has 0 aliphatic rings. The Morgan fingerprint density at radius 1 is 0.941 bits per heavy atom. The molecule has 0 N–H and O–H groups in total. The number of ether oxygens (including phenoxy) is 4. The van der Waals surface area contributed by atoms with Crippen LogP contribution in [0.2, 0.25) is 0 Å². The molecule has 0 saturated carbocycles. The molecule has 17 heavy (non-hydrogen) atoms. The third-order valence-electron chi connectivity index (χ3n) is 2.37. The second kappa shape index (κ2) is 5.98. The Morgan fingerprint density at radius 2 is 1.53 bits per heavy atom. The van der Waals surface area contributed by atoms with Gasteiger partial charge in [-0.3, -0.25) is 0 Å². The highest BCUT2D eigenvalue weighted by atomic mass is 16.5. The van der Waals surface area contributed by atoms with E-state index in [2.05, 4.69) is 0 Å². The lowest BCUT2D eigenvalue weighted by Crippen LogP contribution is -2.02. The van der Waals surface area contributed by atoms with E-state index in [0.29, 0.717) is 28.6 Å². The Bertz CT molecular complexity index is 400. The van der Waals surface area contributed by atoms with Gasteiger partial charge in [-0.1, -0.05) is 0 Å². The number of aldehydes is 1. The van der Waals surface area contributed by atoms with Crippen molar-refractivity contribution < 1.29 is 23.7 Å². The molecule has 94 valence electrons. The number of hydrogen-bond acceptors (Lipinski definition) is 5. The van der Waals surface area contributed by atoms with Crippen molar-refractivity contribution in [1.29, 1.82) is 0 Å². The third kappa shape index (κ3) is 2.43. The van der Waals surface area contributed by atoms with Gasteiger partial charge in [-0.2, -0.15) is 0 Å². The molecule has 0 aliphatic heterocycles. The molecule has 0 aromatic heterocycles. The van der Waals surface area contributed by atoms with Crippen LogP contribution in [0.1, 0.15) is 5.56 Å². The quantitative estimate of drug-likeness (QED) is 0.705. The third-order valence-corrected chi connectivity index (χ3v) is 2.37. The topological polar surface area (TPSA) is 54.0 Å². The van der Waals surface area contributed by atoms with E-state index in [1.165, 1.54) is 28.4 Å². The van der Waals surface area contributed by atoms with Gasteiger partial charge in [-0.05, 0) is 6.07 Å². The van der Waals surface area contributed by atoms with Crippen molar-refractivity contribution in [2.75, 3.05) is 28.4 Å². The predicted octanol–water partition coefficient (Wildman–Crippen LogP) is 1.46. The molecule has 1 aromatic rings. The highest BCUT2D eigenvalue weighted by Gasteiger charge is 2.20. The van der Waals surface area contributed by atoms with Gasteiger partial charge in [0.1, 0.15) is 6.29 Å². The van der Waals surface area contributed by atoms with Crippen molar-refractivity contribution in [3.8, 4) is 23.0 Å². The Morgan fingerprint density at radius 3 is 1.94 bits per heavy atom. The second-order valence-electron chi connectivity index (χ2n) is 3.21. The molecule has 0 bridgehead atoms. The van der Waals surface area contributed by atoms with Crippen molar-refractivity contribution in [2.45, 2.75) is 6.42 Å². The van der Waals surface area contributed by atoms with Gasteiger partial charge < -0.3 is 23.7 Å². The van der Waals surface area contributed by atoms with Crippen molar-refractivity contribution in [1.82, 2.24) is 0 Å². The van der Waals surface area contributed by atoms with Crippen molar-refractivity contribution in [3.05, 3.63) is 11.6 Å². The molecule has 0 amide bonds. The molecule has 0 fully saturated rings. The summed E-state index contributed by atoms with van der Waals surface area (Å²) in [7, 11) is 6.05. The summed E-state index contributed by atoms with van der Waals surface area (Å²) in [6.45, 7) is 0. The highest BCUT2D eigenvalue weighted by Crippen LogP contribution is 2.46. The molecule has 0 spiro atoms. The van der Waals surface area contributed by atoms with Crippen LogP contribution in [0.4, 0.5) is 0 Å². The number of methoxy groups -OCH3 is 4. The van der Waals surface area contributed by atoms with Crippen LogP contribution in [0.3, 0.4) is 0 Å². The van der Waals surface area contributed by atoms with E-state index < -0.39 is 0 Å². The molecule has 0 unspecified atom stereocenters. The first-order valence-electron chi connectivity index (χ1n) is 5.02. The fourth-order valence-electron chi connectivity index (χ4n) is 1.65. The summed E-state index contributed by atoms with van der Waals surface area (Å²) in [5.74, 6) is 1.85. The molecule has 1 aromatic carbocycles. The van der Waals surface area contributed by atoms with E-state index in [9.17, 15) is 4.79 Å². The Kier molecular flexibility index (Phi) is 4.63. The molecule has 0 atom stereocenters. The average Bonchev–Trinajstić information content (AvgIpc) is 2.37. The minimum absolute atomic E-state index is 0.222. The van der Waals surface area contributed by atoms with E-state index in [0.717, 1.165) is 6.29 Å². The normalized spacial score (nSPS) is 9.65. The lowest BCUT2D eigenvalue weighted by atomic mass is 10.1. The van der Waals surface area contributed by atoms with E-state index in [4.69, 9.17) is 18.9 Å². The standard InChI is InChI=1S/C12H16O5/c1-14-9-7-8(5-6-13)10(15-2)12(17-4)11(9)16-3/h6-7H,5H2,1-4H3. The fraction of sp³-hybridized carbons (Fsp3) is 0.417. The van der Waals surface area contributed by atoms with Gasteiger partial charge in [0.05, 0.1) is 28.4 Å². The molecule has 0 saturated heterocycles. The summed E-state index contributed by atoms with van der Waals surface area (Å²) in [4.78, 5) is 10.6. The average molecular weight is 240 g/mol. The number of benzene rings is 1. The highest BCUT2D eigenvalue weighted by molar-refractivity contribution is 5.67. The van der Waals surface area contributed by atoms with Gasteiger partial charge in [0.25, 0.3) is 0 Å². The first kappa shape index (κ1) is 13.2. The molecule has 1 rings (SSSR count). The first-order valence-corrected chi connectivity index (χ1v) is 5.02. The Balaban J connectivity index is 3.48. The summed E-state index contributed by atoms with van der Waals surface area (Å²) < 4.78 is 20.9. The molecular weight excluding hydrogens is 224 g/mol. The summed E-state index contributed by atoms with van der Waals surface area (Å²) in [6, 6.07) is 1.70. The van der Waals surface area contributed by atoms with E-state index in [-0.39, 0.29) is 6.42 Å². The van der Waals surface area contributed by atoms with E-state index in [1.807, 2.05) is 0 Å². The van der Waals surface area contributed by atoms with Gasteiger partial charge in [-0.25, -0.2) is 0 Å². The van der Waals surface area contributed by atoms with Crippen LogP contribution in [-0.4, -0.2) is 34.7 Å². The lowest BCUT2D eigenvalue weighted by molar-refractivity contribution is -0.107. The predicted molar refractivity (Wildman–Crippen MR) is 62.4 cm³/mol. The summed E-state index contributed by atoms with van der Waals surface area (Å²) >= 11 is 0. The molecule has 5 nitrogen and oxygen atoms in total. The van der Waals surface area contributed by atoms with E-state index >= 15 is 0 Å².